The largest absolute Gasteiger partial charge is 0.357 e. The zero-order valence-corrected chi connectivity index (χ0v) is 13.2. The lowest BCUT2D eigenvalue weighted by molar-refractivity contribution is 0.409. The average molecular weight is 301 g/mol. The van der Waals surface area contributed by atoms with Crippen molar-refractivity contribution in [2.45, 2.75) is 51.5 Å². The monoisotopic (exact) mass is 301 g/mol. The maximum Gasteiger partial charge on any atom is 0.191 e. The van der Waals surface area contributed by atoms with E-state index in [9.17, 15) is 8.42 Å². The number of aliphatic imine (C=N–C) groups is 1. The van der Waals surface area contributed by atoms with E-state index in [1.165, 1.54) is 32.1 Å². The van der Waals surface area contributed by atoms with Crippen LogP contribution in [0, 0.1) is 5.92 Å². The van der Waals surface area contributed by atoms with E-state index in [0.29, 0.717) is 24.1 Å². The Balaban J connectivity index is 1.85. The number of hydrogen-bond acceptors (Lipinski definition) is 3. The molecule has 0 unspecified atom stereocenters. The molecular formula is C14H27N3O2S. The van der Waals surface area contributed by atoms with Gasteiger partial charge >= 0.3 is 0 Å². The highest BCUT2D eigenvalue weighted by molar-refractivity contribution is 7.91. The van der Waals surface area contributed by atoms with Crippen molar-refractivity contribution >= 4 is 15.8 Å². The molecule has 0 amide bonds. The standard InChI is InChI=1S/C14H27N3O2S/c1-2-15-14(17-13-6-4-3-5-7-13)16-10-12-8-9-20(18,19)11-12/h12-13H,2-11H2,1H3,(H2,15,16,17)/t12-/m0/s1. The molecule has 0 bridgehead atoms. The first-order chi connectivity index (χ1) is 9.59. The second-order valence-electron chi connectivity index (χ2n) is 5.97. The molecule has 0 spiro atoms. The topological polar surface area (TPSA) is 70.6 Å². The summed E-state index contributed by atoms with van der Waals surface area (Å²) in [5.74, 6) is 1.68. The van der Waals surface area contributed by atoms with Gasteiger partial charge in [0.05, 0.1) is 11.5 Å². The molecule has 2 rings (SSSR count). The number of hydrogen-bond donors (Lipinski definition) is 2. The molecule has 2 fully saturated rings. The van der Waals surface area contributed by atoms with Crippen LogP contribution in [0.25, 0.3) is 0 Å². The molecule has 0 aromatic heterocycles. The molecular weight excluding hydrogens is 274 g/mol. The van der Waals surface area contributed by atoms with E-state index in [0.717, 1.165) is 18.9 Å². The van der Waals surface area contributed by atoms with Gasteiger partial charge in [0.25, 0.3) is 0 Å². The summed E-state index contributed by atoms with van der Waals surface area (Å²) in [6.45, 7) is 3.50. The predicted molar refractivity (Wildman–Crippen MR) is 82.7 cm³/mol. The molecule has 1 aliphatic carbocycles. The maximum absolute atomic E-state index is 11.4. The Labute approximate surface area is 122 Å². The number of rotatable bonds is 4. The fraction of sp³-hybridized carbons (Fsp3) is 0.929. The van der Waals surface area contributed by atoms with Crippen molar-refractivity contribution in [3.05, 3.63) is 0 Å². The zero-order chi connectivity index (χ0) is 14.4. The minimum atomic E-state index is -2.79. The van der Waals surface area contributed by atoms with Gasteiger partial charge < -0.3 is 10.6 Å². The Morgan fingerprint density at radius 1 is 1.20 bits per heavy atom. The first-order valence-corrected chi connectivity index (χ1v) is 9.66. The van der Waals surface area contributed by atoms with Crippen molar-refractivity contribution < 1.29 is 8.42 Å². The highest BCUT2D eigenvalue weighted by atomic mass is 32.2. The van der Waals surface area contributed by atoms with Crippen molar-refractivity contribution in [3.8, 4) is 0 Å². The molecule has 0 aromatic rings. The summed E-state index contributed by atoms with van der Waals surface area (Å²) in [6, 6.07) is 0.522. The third-order valence-electron chi connectivity index (χ3n) is 4.12. The zero-order valence-electron chi connectivity index (χ0n) is 12.4. The molecule has 1 saturated carbocycles. The van der Waals surface area contributed by atoms with Crippen molar-refractivity contribution in [1.29, 1.82) is 0 Å². The number of nitrogens with zero attached hydrogens (tertiary/aromatic N) is 1. The van der Waals surface area contributed by atoms with Gasteiger partial charge in [0.2, 0.25) is 0 Å². The summed E-state index contributed by atoms with van der Waals surface area (Å²) in [6.07, 6.45) is 7.10. The first kappa shape index (κ1) is 15.6. The van der Waals surface area contributed by atoms with Gasteiger partial charge in [-0.15, -0.1) is 0 Å². The molecule has 116 valence electrons. The number of nitrogens with one attached hydrogen (secondary N) is 2. The lowest BCUT2D eigenvalue weighted by Gasteiger charge is -2.25. The molecule has 6 heteroatoms. The average Bonchev–Trinajstić information content (AvgIpc) is 2.77. The van der Waals surface area contributed by atoms with E-state index in [4.69, 9.17) is 0 Å². The molecule has 1 saturated heterocycles. The van der Waals surface area contributed by atoms with Crippen LogP contribution in [0.4, 0.5) is 0 Å². The lowest BCUT2D eigenvalue weighted by atomic mass is 9.96. The molecule has 20 heavy (non-hydrogen) atoms. The minimum absolute atomic E-state index is 0.196. The van der Waals surface area contributed by atoms with Crippen LogP contribution in [0.1, 0.15) is 45.4 Å². The summed E-state index contributed by atoms with van der Waals surface area (Å²) >= 11 is 0. The van der Waals surface area contributed by atoms with Crippen LogP contribution in [-0.4, -0.2) is 45.0 Å². The second kappa shape index (κ2) is 7.29. The predicted octanol–water partition coefficient (Wildman–Crippen LogP) is 1.31. The molecule has 2 N–H and O–H groups in total. The molecule has 5 nitrogen and oxygen atoms in total. The number of guanidine groups is 1. The van der Waals surface area contributed by atoms with Gasteiger partial charge in [-0.25, -0.2) is 8.42 Å². The van der Waals surface area contributed by atoms with Gasteiger partial charge in [-0.2, -0.15) is 0 Å². The maximum atomic E-state index is 11.4. The summed E-state index contributed by atoms with van der Waals surface area (Å²) in [4.78, 5) is 4.59. The highest BCUT2D eigenvalue weighted by Gasteiger charge is 2.27. The Morgan fingerprint density at radius 2 is 1.95 bits per heavy atom. The van der Waals surface area contributed by atoms with Crippen LogP contribution >= 0.6 is 0 Å². The Bertz CT molecular complexity index is 428. The molecule has 0 aromatic carbocycles. The lowest BCUT2D eigenvalue weighted by Crippen LogP contribution is -2.44. The van der Waals surface area contributed by atoms with E-state index in [1.807, 2.05) is 0 Å². The third kappa shape index (κ3) is 4.96. The van der Waals surface area contributed by atoms with Crippen LogP contribution < -0.4 is 10.6 Å². The molecule has 1 aliphatic heterocycles. The Kier molecular flexibility index (Phi) is 5.69. The van der Waals surface area contributed by atoms with Crippen LogP contribution in [0.5, 0.6) is 0 Å². The SMILES string of the molecule is CCNC(=NC[C@@H]1CCS(=O)(=O)C1)NC1CCCCC1. The van der Waals surface area contributed by atoms with Crippen molar-refractivity contribution in [2.24, 2.45) is 10.9 Å². The normalized spacial score (nSPS) is 27.4. The summed E-state index contributed by atoms with van der Waals surface area (Å²) in [7, 11) is -2.79. The molecule has 0 radical (unpaired) electrons. The quantitative estimate of drug-likeness (QED) is 0.607. The Morgan fingerprint density at radius 3 is 2.55 bits per heavy atom. The first-order valence-electron chi connectivity index (χ1n) is 7.84. The van der Waals surface area contributed by atoms with Crippen LogP contribution in [-0.2, 0) is 9.84 Å². The number of sulfone groups is 1. The molecule has 1 atom stereocenters. The fourth-order valence-corrected chi connectivity index (χ4v) is 4.85. The minimum Gasteiger partial charge on any atom is -0.357 e. The van der Waals surface area contributed by atoms with Gasteiger partial charge in [0.15, 0.2) is 15.8 Å². The highest BCUT2D eigenvalue weighted by Crippen LogP contribution is 2.19. The summed E-state index contributed by atoms with van der Waals surface area (Å²) in [5, 5.41) is 6.76. The fourth-order valence-electron chi connectivity index (χ4n) is 3.00. The van der Waals surface area contributed by atoms with Gasteiger partial charge in [-0.3, -0.25) is 4.99 Å². The summed E-state index contributed by atoms with van der Waals surface area (Å²) < 4.78 is 22.9. The second-order valence-corrected chi connectivity index (χ2v) is 8.20. The third-order valence-corrected chi connectivity index (χ3v) is 5.96. The van der Waals surface area contributed by atoms with E-state index >= 15 is 0 Å². The van der Waals surface area contributed by atoms with Crippen LogP contribution in [0.2, 0.25) is 0 Å². The van der Waals surface area contributed by atoms with Crippen LogP contribution in [0.3, 0.4) is 0 Å². The molecule has 1 heterocycles. The van der Waals surface area contributed by atoms with Crippen LogP contribution in [0.15, 0.2) is 4.99 Å². The van der Waals surface area contributed by atoms with Gasteiger partial charge in [-0.05, 0) is 32.1 Å². The summed E-state index contributed by atoms with van der Waals surface area (Å²) in [5.41, 5.74) is 0. The van der Waals surface area contributed by atoms with Crippen molar-refractivity contribution in [1.82, 2.24) is 10.6 Å². The molecule has 2 aliphatic rings. The van der Waals surface area contributed by atoms with Gasteiger partial charge in [-0.1, -0.05) is 19.3 Å². The van der Waals surface area contributed by atoms with Gasteiger partial charge in [0, 0.05) is 19.1 Å². The van der Waals surface area contributed by atoms with E-state index in [-0.39, 0.29) is 5.92 Å². The van der Waals surface area contributed by atoms with Gasteiger partial charge in [0.1, 0.15) is 0 Å². The van der Waals surface area contributed by atoms with Crippen molar-refractivity contribution in [2.75, 3.05) is 24.6 Å². The van der Waals surface area contributed by atoms with Crippen molar-refractivity contribution in [3.63, 3.8) is 0 Å². The Hall–Kier alpha value is -0.780. The van der Waals surface area contributed by atoms with E-state index in [2.05, 4.69) is 22.5 Å². The van der Waals surface area contributed by atoms with E-state index < -0.39 is 9.84 Å². The van der Waals surface area contributed by atoms with E-state index in [1.54, 1.807) is 0 Å². The smallest absolute Gasteiger partial charge is 0.191 e.